The van der Waals surface area contributed by atoms with Crippen molar-refractivity contribution >= 4 is 0 Å². The second kappa shape index (κ2) is 5.06. The number of nitrogens with one attached hydrogen (secondary N) is 1. The monoisotopic (exact) mass is 227 g/mol. The Hall–Kier alpha value is -1.74. The standard InChI is InChI=1S/C14H17N3/c1-10-5-6-12(11(2)9-10)13(15-3)14-16-7-4-8-17-14/h4-9,13,15H,1-3H3. The summed E-state index contributed by atoms with van der Waals surface area (Å²) in [5, 5.41) is 3.27. The lowest BCUT2D eigenvalue weighted by molar-refractivity contribution is 0.642. The molecule has 0 saturated heterocycles. The lowest BCUT2D eigenvalue weighted by Crippen LogP contribution is -2.21. The number of aromatic nitrogens is 2. The zero-order valence-corrected chi connectivity index (χ0v) is 10.4. The molecule has 1 N–H and O–H groups in total. The Balaban J connectivity index is 2.42. The maximum atomic E-state index is 4.32. The van der Waals surface area contributed by atoms with Crippen LogP contribution in [0.3, 0.4) is 0 Å². The molecule has 0 spiro atoms. The van der Waals surface area contributed by atoms with E-state index in [0.29, 0.717) is 0 Å². The average molecular weight is 227 g/mol. The number of hydrogen-bond donors (Lipinski definition) is 1. The van der Waals surface area contributed by atoms with Crippen molar-refractivity contribution in [2.75, 3.05) is 7.05 Å². The van der Waals surface area contributed by atoms with Crippen LogP contribution in [0, 0.1) is 13.8 Å². The summed E-state index contributed by atoms with van der Waals surface area (Å²) in [5.74, 6) is 0.807. The van der Waals surface area contributed by atoms with E-state index < -0.39 is 0 Å². The van der Waals surface area contributed by atoms with Gasteiger partial charge in [0.2, 0.25) is 0 Å². The summed E-state index contributed by atoms with van der Waals surface area (Å²) in [5.41, 5.74) is 3.76. The molecule has 0 bridgehead atoms. The molecule has 0 aliphatic carbocycles. The summed E-state index contributed by atoms with van der Waals surface area (Å²) in [6, 6.07) is 8.33. The first-order chi connectivity index (χ1) is 8.22. The van der Waals surface area contributed by atoms with Gasteiger partial charge in [-0.3, -0.25) is 0 Å². The number of nitrogens with zero attached hydrogens (tertiary/aromatic N) is 2. The lowest BCUT2D eigenvalue weighted by Gasteiger charge is -2.17. The number of hydrogen-bond acceptors (Lipinski definition) is 3. The van der Waals surface area contributed by atoms with Gasteiger partial charge in [-0.15, -0.1) is 0 Å². The molecule has 0 radical (unpaired) electrons. The Kier molecular flexibility index (Phi) is 3.49. The van der Waals surface area contributed by atoms with Gasteiger partial charge in [-0.1, -0.05) is 23.8 Å². The van der Waals surface area contributed by atoms with E-state index in [4.69, 9.17) is 0 Å². The van der Waals surface area contributed by atoms with Gasteiger partial charge in [0.15, 0.2) is 0 Å². The predicted molar refractivity (Wildman–Crippen MR) is 68.9 cm³/mol. The normalized spacial score (nSPS) is 12.4. The van der Waals surface area contributed by atoms with Crippen LogP contribution in [0.25, 0.3) is 0 Å². The highest BCUT2D eigenvalue weighted by atomic mass is 15.0. The van der Waals surface area contributed by atoms with Crippen molar-refractivity contribution < 1.29 is 0 Å². The van der Waals surface area contributed by atoms with Gasteiger partial charge in [0.05, 0.1) is 6.04 Å². The molecule has 1 atom stereocenters. The minimum absolute atomic E-state index is 0.0526. The van der Waals surface area contributed by atoms with Crippen molar-refractivity contribution in [3.05, 3.63) is 59.2 Å². The van der Waals surface area contributed by atoms with Crippen molar-refractivity contribution in [3.8, 4) is 0 Å². The molecule has 0 fully saturated rings. The number of aryl methyl sites for hydroxylation is 2. The highest BCUT2D eigenvalue weighted by molar-refractivity contribution is 5.35. The third kappa shape index (κ3) is 2.50. The van der Waals surface area contributed by atoms with Crippen molar-refractivity contribution in [1.29, 1.82) is 0 Å². The fourth-order valence-electron chi connectivity index (χ4n) is 2.03. The molecule has 2 rings (SSSR count). The second-order valence-corrected chi connectivity index (χ2v) is 4.19. The molecule has 17 heavy (non-hydrogen) atoms. The van der Waals surface area contributed by atoms with E-state index in [1.165, 1.54) is 16.7 Å². The van der Waals surface area contributed by atoms with Gasteiger partial charge in [-0.2, -0.15) is 0 Å². The summed E-state index contributed by atoms with van der Waals surface area (Å²) in [6.07, 6.45) is 3.55. The van der Waals surface area contributed by atoms with Crippen LogP contribution in [0.15, 0.2) is 36.7 Å². The van der Waals surface area contributed by atoms with Gasteiger partial charge in [0.25, 0.3) is 0 Å². The molecule has 2 aromatic rings. The number of rotatable bonds is 3. The predicted octanol–water partition coefficient (Wildman–Crippen LogP) is 2.40. The van der Waals surface area contributed by atoms with Crippen LogP contribution in [-0.2, 0) is 0 Å². The molecule has 1 aromatic heterocycles. The van der Waals surface area contributed by atoms with Crippen molar-refractivity contribution in [1.82, 2.24) is 15.3 Å². The first kappa shape index (κ1) is 11.7. The number of benzene rings is 1. The third-order valence-corrected chi connectivity index (χ3v) is 2.87. The quantitative estimate of drug-likeness (QED) is 0.875. The van der Waals surface area contributed by atoms with Crippen LogP contribution in [-0.4, -0.2) is 17.0 Å². The summed E-state index contributed by atoms with van der Waals surface area (Å²) in [7, 11) is 1.93. The van der Waals surface area contributed by atoms with Crippen molar-refractivity contribution in [2.24, 2.45) is 0 Å². The molecule has 0 aliphatic heterocycles. The Morgan fingerprint density at radius 2 is 1.82 bits per heavy atom. The summed E-state index contributed by atoms with van der Waals surface area (Å²) >= 11 is 0. The Morgan fingerprint density at radius 3 is 2.41 bits per heavy atom. The van der Waals surface area contributed by atoms with Crippen LogP contribution >= 0.6 is 0 Å². The van der Waals surface area contributed by atoms with Gasteiger partial charge >= 0.3 is 0 Å². The summed E-state index contributed by atoms with van der Waals surface area (Å²) < 4.78 is 0. The average Bonchev–Trinajstić information content (AvgIpc) is 2.34. The molecule has 3 heteroatoms. The SMILES string of the molecule is CNC(c1ncccn1)c1ccc(C)cc1C. The highest BCUT2D eigenvalue weighted by Crippen LogP contribution is 2.22. The highest BCUT2D eigenvalue weighted by Gasteiger charge is 2.16. The first-order valence-corrected chi connectivity index (χ1v) is 5.73. The summed E-state index contributed by atoms with van der Waals surface area (Å²) in [4.78, 5) is 8.63. The Morgan fingerprint density at radius 1 is 1.12 bits per heavy atom. The Labute approximate surface area is 102 Å². The van der Waals surface area contributed by atoms with E-state index in [-0.39, 0.29) is 6.04 Å². The minimum Gasteiger partial charge on any atom is -0.307 e. The molecular weight excluding hydrogens is 210 g/mol. The van der Waals surface area contributed by atoms with Crippen LogP contribution in [0.2, 0.25) is 0 Å². The molecule has 1 unspecified atom stereocenters. The van der Waals surface area contributed by atoms with Gasteiger partial charge in [-0.05, 0) is 38.1 Å². The zero-order chi connectivity index (χ0) is 12.3. The zero-order valence-electron chi connectivity index (χ0n) is 10.4. The lowest BCUT2D eigenvalue weighted by atomic mass is 9.99. The van der Waals surface area contributed by atoms with Gasteiger partial charge < -0.3 is 5.32 Å². The molecule has 0 aliphatic rings. The van der Waals surface area contributed by atoms with Gasteiger partial charge in [-0.25, -0.2) is 9.97 Å². The van der Waals surface area contributed by atoms with E-state index in [2.05, 4.69) is 47.3 Å². The molecule has 3 nitrogen and oxygen atoms in total. The Bertz CT molecular complexity index is 494. The molecule has 0 amide bonds. The molecule has 1 aromatic carbocycles. The van der Waals surface area contributed by atoms with Crippen LogP contribution < -0.4 is 5.32 Å². The van der Waals surface area contributed by atoms with Crippen molar-refractivity contribution in [3.63, 3.8) is 0 Å². The van der Waals surface area contributed by atoms with Crippen LogP contribution in [0.1, 0.15) is 28.6 Å². The van der Waals surface area contributed by atoms with E-state index in [1.807, 2.05) is 13.1 Å². The second-order valence-electron chi connectivity index (χ2n) is 4.19. The molecule has 0 saturated carbocycles. The van der Waals surface area contributed by atoms with Gasteiger partial charge in [0, 0.05) is 12.4 Å². The van der Waals surface area contributed by atoms with E-state index in [9.17, 15) is 0 Å². The maximum absolute atomic E-state index is 4.32. The van der Waals surface area contributed by atoms with Gasteiger partial charge in [0.1, 0.15) is 5.82 Å². The first-order valence-electron chi connectivity index (χ1n) is 5.73. The smallest absolute Gasteiger partial charge is 0.149 e. The molecular formula is C14H17N3. The molecule has 1 heterocycles. The van der Waals surface area contributed by atoms with Crippen LogP contribution in [0.5, 0.6) is 0 Å². The summed E-state index contributed by atoms with van der Waals surface area (Å²) in [6.45, 7) is 4.22. The minimum atomic E-state index is 0.0526. The topological polar surface area (TPSA) is 37.8 Å². The fourth-order valence-corrected chi connectivity index (χ4v) is 2.03. The van der Waals surface area contributed by atoms with Crippen LogP contribution in [0.4, 0.5) is 0 Å². The van der Waals surface area contributed by atoms with E-state index >= 15 is 0 Å². The third-order valence-electron chi connectivity index (χ3n) is 2.87. The van der Waals surface area contributed by atoms with E-state index in [0.717, 1.165) is 5.82 Å². The fraction of sp³-hybridized carbons (Fsp3) is 0.286. The van der Waals surface area contributed by atoms with E-state index in [1.54, 1.807) is 12.4 Å². The largest absolute Gasteiger partial charge is 0.307 e. The molecule has 88 valence electrons. The van der Waals surface area contributed by atoms with Crippen molar-refractivity contribution in [2.45, 2.75) is 19.9 Å². The maximum Gasteiger partial charge on any atom is 0.149 e.